The summed E-state index contributed by atoms with van der Waals surface area (Å²) in [4.78, 5) is 6.99. The average Bonchev–Trinajstić information content (AvgIpc) is 2.72. The zero-order valence-electron chi connectivity index (χ0n) is 12.5. The van der Waals surface area contributed by atoms with Crippen molar-refractivity contribution in [2.45, 2.75) is 59.7 Å². The van der Waals surface area contributed by atoms with Gasteiger partial charge in [-0.1, -0.05) is 27.7 Å². The molecule has 0 aromatic carbocycles. The summed E-state index contributed by atoms with van der Waals surface area (Å²) in [5.74, 6) is 0.726. The maximum Gasteiger partial charge on any atom is 0.185 e. The monoisotopic (exact) mass is 269 g/mol. The Hall–Kier alpha value is -0.610. The van der Waals surface area contributed by atoms with Crippen molar-refractivity contribution in [2.75, 3.05) is 11.9 Å². The zero-order chi connectivity index (χ0) is 13.7. The van der Waals surface area contributed by atoms with E-state index in [1.807, 2.05) is 0 Å². The molecule has 0 aliphatic carbocycles. The van der Waals surface area contributed by atoms with Gasteiger partial charge in [-0.2, -0.15) is 0 Å². The van der Waals surface area contributed by atoms with Gasteiger partial charge in [0.15, 0.2) is 5.13 Å². The Labute approximate surface area is 116 Å². The molecule has 3 nitrogen and oxygen atoms in total. The molecule has 18 heavy (non-hydrogen) atoms. The first-order valence-electron chi connectivity index (χ1n) is 6.80. The number of hydrogen-bond acceptors (Lipinski definition) is 4. The number of nitrogens with one attached hydrogen (secondary N) is 1. The highest BCUT2D eigenvalue weighted by molar-refractivity contribution is 7.13. The van der Waals surface area contributed by atoms with E-state index in [0.29, 0.717) is 12.1 Å². The van der Waals surface area contributed by atoms with Crippen molar-refractivity contribution in [1.82, 2.24) is 10.3 Å². The van der Waals surface area contributed by atoms with E-state index in [9.17, 15) is 0 Å². The molecule has 1 atom stereocenters. The number of anilines is 1. The van der Waals surface area contributed by atoms with Crippen LogP contribution in [0.2, 0.25) is 0 Å². The van der Waals surface area contributed by atoms with Crippen LogP contribution in [-0.2, 0) is 6.54 Å². The van der Waals surface area contributed by atoms with Gasteiger partial charge in [0.25, 0.3) is 0 Å². The van der Waals surface area contributed by atoms with Gasteiger partial charge in [-0.25, -0.2) is 4.98 Å². The topological polar surface area (TPSA) is 28.2 Å². The first-order chi connectivity index (χ1) is 8.40. The number of rotatable bonds is 7. The van der Waals surface area contributed by atoms with Crippen molar-refractivity contribution in [1.29, 1.82) is 0 Å². The molecule has 1 N–H and O–H groups in total. The van der Waals surface area contributed by atoms with Crippen molar-refractivity contribution in [3.05, 3.63) is 11.1 Å². The standard InChI is InChI=1S/C14H27N3S/c1-10(2)7-12(5)17(6)14-16-13(9-18-14)8-15-11(3)4/h9-12,15H,7-8H2,1-6H3. The minimum absolute atomic E-state index is 0.507. The molecule has 1 heterocycles. The van der Waals surface area contributed by atoms with Crippen LogP contribution in [0.3, 0.4) is 0 Å². The molecule has 1 aromatic heterocycles. The van der Waals surface area contributed by atoms with E-state index >= 15 is 0 Å². The van der Waals surface area contributed by atoms with Crippen molar-refractivity contribution in [3.8, 4) is 0 Å². The third kappa shape index (κ3) is 4.94. The molecule has 4 heteroatoms. The molecule has 1 aromatic rings. The summed E-state index contributed by atoms with van der Waals surface area (Å²) >= 11 is 1.74. The summed E-state index contributed by atoms with van der Waals surface area (Å²) in [5, 5.41) is 6.69. The number of hydrogen-bond donors (Lipinski definition) is 1. The van der Waals surface area contributed by atoms with Gasteiger partial charge in [-0.05, 0) is 19.3 Å². The van der Waals surface area contributed by atoms with E-state index in [2.05, 4.69) is 57.3 Å². The Morgan fingerprint density at radius 3 is 2.50 bits per heavy atom. The summed E-state index contributed by atoms with van der Waals surface area (Å²) in [7, 11) is 2.14. The molecule has 0 fully saturated rings. The van der Waals surface area contributed by atoms with Crippen LogP contribution in [0, 0.1) is 5.92 Å². The predicted octanol–water partition coefficient (Wildman–Crippen LogP) is 3.51. The molecule has 0 radical (unpaired) electrons. The minimum Gasteiger partial charge on any atom is -0.348 e. The fourth-order valence-electron chi connectivity index (χ4n) is 1.88. The van der Waals surface area contributed by atoms with Crippen molar-refractivity contribution in [3.63, 3.8) is 0 Å². The Bertz CT molecular complexity index is 347. The van der Waals surface area contributed by atoms with Gasteiger partial charge < -0.3 is 10.2 Å². The Morgan fingerprint density at radius 1 is 1.28 bits per heavy atom. The van der Waals surface area contributed by atoms with Gasteiger partial charge in [0.2, 0.25) is 0 Å². The average molecular weight is 269 g/mol. The van der Waals surface area contributed by atoms with E-state index < -0.39 is 0 Å². The Morgan fingerprint density at radius 2 is 1.94 bits per heavy atom. The van der Waals surface area contributed by atoms with Gasteiger partial charge in [0.1, 0.15) is 0 Å². The maximum absolute atomic E-state index is 4.69. The van der Waals surface area contributed by atoms with Crippen LogP contribution in [0.1, 0.15) is 46.7 Å². The van der Waals surface area contributed by atoms with E-state index in [0.717, 1.165) is 23.3 Å². The third-order valence-electron chi connectivity index (χ3n) is 3.01. The fraction of sp³-hybridized carbons (Fsp3) is 0.786. The van der Waals surface area contributed by atoms with Gasteiger partial charge in [0, 0.05) is 31.1 Å². The summed E-state index contributed by atoms with van der Waals surface area (Å²) in [6.45, 7) is 12.0. The van der Waals surface area contributed by atoms with Gasteiger partial charge in [-0.3, -0.25) is 0 Å². The van der Waals surface area contributed by atoms with Gasteiger partial charge in [-0.15, -0.1) is 11.3 Å². The van der Waals surface area contributed by atoms with Crippen LogP contribution >= 0.6 is 11.3 Å². The van der Waals surface area contributed by atoms with E-state index in [4.69, 9.17) is 4.98 Å². The minimum atomic E-state index is 0.507. The van der Waals surface area contributed by atoms with Crippen LogP contribution in [0.4, 0.5) is 5.13 Å². The molecule has 104 valence electrons. The molecule has 0 spiro atoms. The quantitative estimate of drug-likeness (QED) is 0.821. The highest BCUT2D eigenvalue weighted by atomic mass is 32.1. The van der Waals surface area contributed by atoms with Crippen LogP contribution < -0.4 is 10.2 Å². The highest BCUT2D eigenvalue weighted by Gasteiger charge is 2.14. The lowest BCUT2D eigenvalue weighted by atomic mass is 10.0. The molecule has 0 saturated heterocycles. The SMILES string of the molecule is CC(C)CC(C)N(C)c1nc(CNC(C)C)cs1. The summed E-state index contributed by atoms with van der Waals surface area (Å²) in [6.07, 6.45) is 1.20. The van der Waals surface area contributed by atoms with Gasteiger partial charge in [0.05, 0.1) is 5.69 Å². The fourth-order valence-corrected chi connectivity index (χ4v) is 2.77. The largest absolute Gasteiger partial charge is 0.348 e. The summed E-state index contributed by atoms with van der Waals surface area (Å²) < 4.78 is 0. The van der Waals surface area contributed by atoms with Gasteiger partial charge >= 0.3 is 0 Å². The molecule has 0 saturated carbocycles. The molecule has 0 aliphatic rings. The highest BCUT2D eigenvalue weighted by Crippen LogP contribution is 2.23. The second-order valence-electron chi connectivity index (χ2n) is 5.75. The number of aromatic nitrogens is 1. The smallest absolute Gasteiger partial charge is 0.185 e. The molecule has 0 aliphatic heterocycles. The van der Waals surface area contributed by atoms with Crippen LogP contribution in [0.15, 0.2) is 5.38 Å². The van der Waals surface area contributed by atoms with Crippen LogP contribution in [0.25, 0.3) is 0 Å². The van der Waals surface area contributed by atoms with E-state index in [-0.39, 0.29) is 0 Å². The maximum atomic E-state index is 4.69. The van der Waals surface area contributed by atoms with Crippen molar-refractivity contribution < 1.29 is 0 Å². The summed E-state index contributed by atoms with van der Waals surface area (Å²) in [5.41, 5.74) is 1.15. The molecule has 1 unspecified atom stereocenters. The Balaban J connectivity index is 2.56. The lowest BCUT2D eigenvalue weighted by molar-refractivity contribution is 0.503. The van der Waals surface area contributed by atoms with E-state index in [1.54, 1.807) is 11.3 Å². The molecular weight excluding hydrogens is 242 g/mol. The predicted molar refractivity (Wildman–Crippen MR) is 81.4 cm³/mol. The second-order valence-corrected chi connectivity index (χ2v) is 6.58. The zero-order valence-corrected chi connectivity index (χ0v) is 13.3. The first-order valence-corrected chi connectivity index (χ1v) is 7.68. The van der Waals surface area contributed by atoms with Crippen LogP contribution in [-0.4, -0.2) is 24.1 Å². The molecule has 0 bridgehead atoms. The normalized spacial score (nSPS) is 13.3. The molecule has 1 rings (SSSR count). The summed E-state index contributed by atoms with van der Waals surface area (Å²) in [6, 6.07) is 1.05. The Kier molecular flexibility index (Phi) is 6.09. The van der Waals surface area contributed by atoms with Crippen molar-refractivity contribution in [2.24, 2.45) is 5.92 Å². The lowest BCUT2D eigenvalue weighted by Crippen LogP contribution is -2.30. The third-order valence-corrected chi connectivity index (χ3v) is 3.99. The number of nitrogens with zero attached hydrogens (tertiary/aromatic N) is 2. The lowest BCUT2D eigenvalue weighted by Gasteiger charge is -2.25. The molecular formula is C14H27N3S. The van der Waals surface area contributed by atoms with E-state index in [1.165, 1.54) is 6.42 Å². The first kappa shape index (κ1) is 15.4. The van der Waals surface area contributed by atoms with Crippen LogP contribution in [0.5, 0.6) is 0 Å². The number of thiazole rings is 1. The van der Waals surface area contributed by atoms with Crippen molar-refractivity contribution >= 4 is 16.5 Å². The second kappa shape index (κ2) is 7.10. The molecule has 0 amide bonds.